The first-order valence-corrected chi connectivity index (χ1v) is 6.39. The standard InChI is InChI=1S/C12H25N3/c1-14(2)9-10-15-8-7-13-11-5-3-4-6-12(11)15/h11-13H,3-10H2,1-2H3/t11-,12+/m0/s1. The van der Waals surface area contributed by atoms with Crippen LogP contribution < -0.4 is 5.32 Å². The van der Waals surface area contributed by atoms with Gasteiger partial charge >= 0.3 is 0 Å². The maximum atomic E-state index is 3.68. The van der Waals surface area contributed by atoms with Gasteiger partial charge in [0.25, 0.3) is 0 Å². The van der Waals surface area contributed by atoms with Crippen molar-refractivity contribution >= 4 is 0 Å². The fourth-order valence-corrected chi connectivity index (χ4v) is 2.95. The van der Waals surface area contributed by atoms with Crippen LogP contribution in [0.3, 0.4) is 0 Å². The van der Waals surface area contributed by atoms with Gasteiger partial charge in [0, 0.05) is 38.3 Å². The third-order valence-corrected chi connectivity index (χ3v) is 3.84. The van der Waals surface area contributed by atoms with Gasteiger partial charge in [-0.05, 0) is 26.9 Å². The van der Waals surface area contributed by atoms with Crippen LogP contribution in [0.15, 0.2) is 0 Å². The predicted molar refractivity (Wildman–Crippen MR) is 64.2 cm³/mol. The molecule has 1 N–H and O–H groups in total. The third-order valence-electron chi connectivity index (χ3n) is 3.84. The summed E-state index contributed by atoms with van der Waals surface area (Å²) >= 11 is 0. The number of nitrogens with zero attached hydrogens (tertiary/aromatic N) is 2. The number of nitrogens with one attached hydrogen (secondary N) is 1. The molecule has 1 aliphatic carbocycles. The number of likely N-dealkylation sites (N-methyl/N-ethyl adjacent to an activating group) is 1. The fourth-order valence-electron chi connectivity index (χ4n) is 2.95. The molecule has 1 heterocycles. The zero-order chi connectivity index (χ0) is 10.7. The molecule has 0 aromatic rings. The SMILES string of the molecule is CN(C)CCN1CCN[C@H]2CCCC[C@H]21. The summed E-state index contributed by atoms with van der Waals surface area (Å²) in [7, 11) is 4.33. The summed E-state index contributed by atoms with van der Waals surface area (Å²) in [4.78, 5) is 5.00. The minimum atomic E-state index is 0.787. The van der Waals surface area contributed by atoms with Crippen molar-refractivity contribution in [3.63, 3.8) is 0 Å². The van der Waals surface area contributed by atoms with Gasteiger partial charge < -0.3 is 10.2 Å². The Hall–Kier alpha value is -0.120. The lowest BCUT2D eigenvalue weighted by atomic mass is 9.87. The first-order chi connectivity index (χ1) is 7.27. The van der Waals surface area contributed by atoms with Crippen LogP contribution in [0.1, 0.15) is 25.7 Å². The molecule has 0 unspecified atom stereocenters. The molecule has 0 spiro atoms. The van der Waals surface area contributed by atoms with E-state index < -0.39 is 0 Å². The van der Waals surface area contributed by atoms with Crippen LogP contribution >= 0.6 is 0 Å². The maximum absolute atomic E-state index is 3.68. The molecule has 2 atom stereocenters. The number of fused-ring (bicyclic) bond motifs is 1. The van der Waals surface area contributed by atoms with Gasteiger partial charge in [-0.1, -0.05) is 12.8 Å². The van der Waals surface area contributed by atoms with Crippen LogP contribution in [-0.4, -0.2) is 62.2 Å². The molecule has 88 valence electrons. The van der Waals surface area contributed by atoms with Crippen molar-refractivity contribution in [1.82, 2.24) is 15.1 Å². The molecule has 3 nitrogen and oxygen atoms in total. The highest BCUT2D eigenvalue weighted by Crippen LogP contribution is 2.25. The average Bonchev–Trinajstić information content (AvgIpc) is 2.26. The Morgan fingerprint density at radius 1 is 1.27 bits per heavy atom. The number of rotatable bonds is 3. The topological polar surface area (TPSA) is 18.5 Å². The smallest absolute Gasteiger partial charge is 0.0250 e. The molecule has 2 fully saturated rings. The van der Waals surface area contributed by atoms with Gasteiger partial charge in [-0.2, -0.15) is 0 Å². The summed E-state index contributed by atoms with van der Waals surface area (Å²) in [5.41, 5.74) is 0. The lowest BCUT2D eigenvalue weighted by Gasteiger charge is -2.45. The van der Waals surface area contributed by atoms with Gasteiger partial charge in [-0.25, -0.2) is 0 Å². The van der Waals surface area contributed by atoms with E-state index in [2.05, 4.69) is 29.2 Å². The Balaban J connectivity index is 1.86. The van der Waals surface area contributed by atoms with E-state index in [0.29, 0.717) is 0 Å². The first-order valence-electron chi connectivity index (χ1n) is 6.39. The molecule has 0 aromatic heterocycles. The number of piperazine rings is 1. The normalized spacial score (nSPS) is 33.0. The van der Waals surface area contributed by atoms with Crippen molar-refractivity contribution in [3.05, 3.63) is 0 Å². The Labute approximate surface area is 93.8 Å². The Morgan fingerprint density at radius 3 is 2.87 bits per heavy atom. The van der Waals surface area contributed by atoms with Crippen molar-refractivity contribution in [1.29, 1.82) is 0 Å². The predicted octanol–water partition coefficient (Wildman–Crippen LogP) is 0.764. The van der Waals surface area contributed by atoms with E-state index in [4.69, 9.17) is 0 Å². The highest BCUT2D eigenvalue weighted by Gasteiger charge is 2.32. The lowest BCUT2D eigenvalue weighted by Crippen LogP contribution is -2.59. The van der Waals surface area contributed by atoms with E-state index in [-0.39, 0.29) is 0 Å². The van der Waals surface area contributed by atoms with E-state index in [9.17, 15) is 0 Å². The zero-order valence-electron chi connectivity index (χ0n) is 10.2. The molecule has 0 bridgehead atoms. The second kappa shape index (κ2) is 5.28. The Kier molecular flexibility index (Phi) is 4.00. The van der Waals surface area contributed by atoms with Crippen LogP contribution in [0.4, 0.5) is 0 Å². The van der Waals surface area contributed by atoms with Crippen molar-refractivity contribution < 1.29 is 0 Å². The summed E-state index contributed by atoms with van der Waals surface area (Å²) in [5.74, 6) is 0. The summed E-state index contributed by atoms with van der Waals surface area (Å²) in [5, 5.41) is 3.68. The molecule has 3 heteroatoms. The maximum Gasteiger partial charge on any atom is 0.0250 e. The fraction of sp³-hybridized carbons (Fsp3) is 1.00. The van der Waals surface area contributed by atoms with E-state index >= 15 is 0 Å². The van der Waals surface area contributed by atoms with Crippen LogP contribution in [0.25, 0.3) is 0 Å². The molecule has 0 radical (unpaired) electrons. The van der Waals surface area contributed by atoms with Gasteiger partial charge in [-0.3, -0.25) is 4.90 Å². The van der Waals surface area contributed by atoms with Gasteiger partial charge in [0.2, 0.25) is 0 Å². The van der Waals surface area contributed by atoms with Crippen molar-refractivity contribution in [3.8, 4) is 0 Å². The Morgan fingerprint density at radius 2 is 2.07 bits per heavy atom. The van der Waals surface area contributed by atoms with Gasteiger partial charge in [-0.15, -0.1) is 0 Å². The van der Waals surface area contributed by atoms with Crippen LogP contribution in [-0.2, 0) is 0 Å². The van der Waals surface area contributed by atoms with Crippen LogP contribution in [0.5, 0.6) is 0 Å². The van der Waals surface area contributed by atoms with Crippen LogP contribution in [0.2, 0.25) is 0 Å². The highest BCUT2D eigenvalue weighted by atomic mass is 15.3. The monoisotopic (exact) mass is 211 g/mol. The molecule has 2 rings (SSSR count). The second-order valence-electron chi connectivity index (χ2n) is 5.25. The molecular formula is C12H25N3. The summed E-state index contributed by atoms with van der Waals surface area (Å²) in [6.07, 6.45) is 5.66. The molecule has 0 amide bonds. The van der Waals surface area contributed by atoms with E-state index in [1.54, 1.807) is 0 Å². The van der Waals surface area contributed by atoms with Gasteiger partial charge in [0.15, 0.2) is 0 Å². The highest BCUT2D eigenvalue weighted by molar-refractivity contribution is 4.92. The molecular weight excluding hydrogens is 186 g/mol. The lowest BCUT2D eigenvalue weighted by molar-refractivity contribution is 0.0819. The number of hydrogen-bond donors (Lipinski definition) is 1. The summed E-state index contributed by atoms with van der Waals surface area (Å²) in [6, 6.07) is 1.61. The van der Waals surface area contributed by atoms with Gasteiger partial charge in [0.1, 0.15) is 0 Å². The molecule has 15 heavy (non-hydrogen) atoms. The second-order valence-corrected chi connectivity index (χ2v) is 5.25. The first kappa shape index (κ1) is 11.4. The zero-order valence-corrected chi connectivity index (χ0v) is 10.2. The van der Waals surface area contributed by atoms with Gasteiger partial charge in [0.05, 0.1) is 0 Å². The quantitative estimate of drug-likeness (QED) is 0.744. The summed E-state index contributed by atoms with van der Waals surface area (Å²) < 4.78 is 0. The van der Waals surface area contributed by atoms with Crippen LogP contribution in [0, 0.1) is 0 Å². The molecule has 0 aromatic carbocycles. The minimum absolute atomic E-state index is 0.787. The Bertz CT molecular complexity index is 191. The average molecular weight is 211 g/mol. The van der Waals surface area contributed by atoms with E-state index in [1.165, 1.54) is 51.9 Å². The summed E-state index contributed by atoms with van der Waals surface area (Å²) in [6.45, 7) is 4.88. The third kappa shape index (κ3) is 2.92. The molecule has 1 aliphatic heterocycles. The molecule has 2 aliphatic rings. The van der Waals surface area contributed by atoms with Crippen molar-refractivity contribution in [2.75, 3.05) is 40.3 Å². The minimum Gasteiger partial charge on any atom is -0.311 e. The molecule has 1 saturated carbocycles. The van der Waals surface area contributed by atoms with E-state index in [1.807, 2.05) is 0 Å². The largest absolute Gasteiger partial charge is 0.311 e. The van der Waals surface area contributed by atoms with E-state index in [0.717, 1.165) is 12.1 Å². The molecule has 1 saturated heterocycles. The van der Waals surface area contributed by atoms with Crippen molar-refractivity contribution in [2.45, 2.75) is 37.8 Å². The van der Waals surface area contributed by atoms with Crippen molar-refractivity contribution in [2.24, 2.45) is 0 Å². The number of hydrogen-bond acceptors (Lipinski definition) is 3.